The first-order chi connectivity index (χ1) is 14.1. The Morgan fingerprint density at radius 1 is 0.600 bits per heavy atom. The Kier molecular flexibility index (Phi) is 15.4. The van der Waals surface area contributed by atoms with E-state index in [1.807, 2.05) is 6.92 Å². The second kappa shape index (κ2) is 15.5. The third kappa shape index (κ3) is 8.34. The summed E-state index contributed by atoms with van der Waals surface area (Å²) in [7, 11) is 3.11. The number of methoxy groups -OCH3 is 2. The van der Waals surface area contributed by atoms with Crippen molar-refractivity contribution in [2.75, 3.05) is 14.2 Å². The summed E-state index contributed by atoms with van der Waals surface area (Å²) in [5.74, 6) is 1.83. The van der Waals surface area contributed by atoms with Gasteiger partial charge in [0.15, 0.2) is 12.6 Å². The van der Waals surface area contributed by atoms with Gasteiger partial charge in [-0.05, 0) is 24.7 Å². The first kappa shape index (κ1) is 29.7. The molecule has 2 rings (SSSR count). The zero-order chi connectivity index (χ0) is 23.4. The topological polar surface area (TPSA) is 97.6 Å². The number of hydrogen-bond acceptors (Lipinski definition) is 7. The summed E-state index contributed by atoms with van der Waals surface area (Å²) in [5.41, 5.74) is 0. The number of unbranched alkanes of at least 4 members (excludes halogenated alkanes) is 1. The summed E-state index contributed by atoms with van der Waals surface area (Å²) in [5, 5.41) is 28.2. The van der Waals surface area contributed by atoms with E-state index in [1.165, 1.54) is 20.0 Å². The van der Waals surface area contributed by atoms with Gasteiger partial charge in [0.25, 0.3) is 0 Å². The van der Waals surface area contributed by atoms with Crippen molar-refractivity contribution in [1.82, 2.24) is 0 Å². The maximum absolute atomic E-state index is 9.43. The van der Waals surface area contributed by atoms with Gasteiger partial charge in [0.2, 0.25) is 0 Å². The van der Waals surface area contributed by atoms with Crippen molar-refractivity contribution in [3.63, 3.8) is 0 Å². The minimum atomic E-state index is -1.20. The van der Waals surface area contributed by atoms with E-state index in [0.29, 0.717) is 30.3 Å². The van der Waals surface area contributed by atoms with Gasteiger partial charge in [-0.2, -0.15) is 0 Å². The fraction of sp³-hybridized carbons (Fsp3) is 1.00. The fourth-order valence-electron chi connectivity index (χ4n) is 3.67. The monoisotopic (exact) mass is 436 g/mol. The van der Waals surface area contributed by atoms with Gasteiger partial charge in [-0.1, -0.05) is 61.3 Å². The van der Waals surface area contributed by atoms with Crippen LogP contribution in [-0.4, -0.2) is 72.6 Å². The van der Waals surface area contributed by atoms with Crippen LogP contribution in [0.3, 0.4) is 0 Å². The van der Waals surface area contributed by atoms with E-state index in [4.69, 9.17) is 18.9 Å². The molecule has 2 fully saturated rings. The van der Waals surface area contributed by atoms with Crippen LogP contribution in [0.25, 0.3) is 0 Å². The third-order valence-corrected chi connectivity index (χ3v) is 6.42. The summed E-state index contributed by atoms with van der Waals surface area (Å²) in [6, 6.07) is 0. The molecule has 10 unspecified atom stereocenters. The molecule has 2 heterocycles. The molecule has 0 aromatic rings. The minimum Gasteiger partial charge on any atom is -0.388 e. The molecule has 0 aromatic carbocycles. The van der Waals surface area contributed by atoms with Crippen molar-refractivity contribution >= 4 is 0 Å². The number of aliphatic hydroxyl groups excluding tert-OH is 3. The largest absolute Gasteiger partial charge is 0.388 e. The van der Waals surface area contributed by atoms with Crippen LogP contribution in [0.1, 0.15) is 74.1 Å². The molecule has 2 saturated heterocycles. The van der Waals surface area contributed by atoms with Crippen molar-refractivity contribution in [2.24, 2.45) is 17.8 Å². The van der Waals surface area contributed by atoms with E-state index in [9.17, 15) is 15.3 Å². The molecule has 0 spiro atoms. The summed E-state index contributed by atoms with van der Waals surface area (Å²) < 4.78 is 21.2. The van der Waals surface area contributed by atoms with Gasteiger partial charge in [0, 0.05) is 20.1 Å². The molecule has 3 N–H and O–H groups in total. The molecular formula is C23H48O7. The third-order valence-electron chi connectivity index (χ3n) is 6.42. The lowest BCUT2D eigenvalue weighted by atomic mass is 9.78. The zero-order valence-electron chi connectivity index (χ0n) is 20.6. The first-order valence-electron chi connectivity index (χ1n) is 11.5. The molecule has 0 radical (unpaired) electrons. The Balaban J connectivity index is 0.000000477. The summed E-state index contributed by atoms with van der Waals surface area (Å²) in [6.45, 7) is 15.1. The van der Waals surface area contributed by atoms with Crippen LogP contribution in [-0.2, 0) is 18.9 Å². The van der Waals surface area contributed by atoms with Crippen molar-refractivity contribution in [3.8, 4) is 0 Å². The number of rotatable bonds is 5. The predicted molar refractivity (Wildman–Crippen MR) is 118 cm³/mol. The van der Waals surface area contributed by atoms with Crippen LogP contribution >= 0.6 is 0 Å². The van der Waals surface area contributed by atoms with Crippen LogP contribution < -0.4 is 0 Å². The molecule has 10 atom stereocenters. The van der Waals surface area contributed by atoms with Crippen LogP contribution in [0, 0.1) is 17.8 Å². The van der Waals surface area contributed by atoms with Gasteiger partial charge >= 0.3 is 0 Å². The number of hydrogen-bond donors (Lipinski definition) is 3. The van der Waals surface area contributed by atoms with Crippen molar-refractivity contribution in [1.29, 1.82) is 0 Å². The van der Waals surface area contributed by atoms with Gasteiger partial charge in [-0.15, -0.1) is 0 Å². The van der Waals surface area contributed by atoms with E-state index in [1.54, 1.807) is 7.11 Å². The normalized spacial score (nSPS) is 41.2. The van der Waals surface area contributed by atoms with Gasteiger partial charge in [0.05, 0.1) is 12.2 Å². The predicted octanol–water partition coefficient (Wildman–Crippen LogP) is 3.33. The Morgan fingerprint density at radius 3 is 1.47 bits per heavy atom. The molecule has 0 saturated carbocycles. The summed E-state index contributed by atoms with van der Waals surface area (Å²) >= 11 is 0. The van der Waals surface area contributed by atoms with E-state index in [0.717, 1.165) is 6.42 Å². The Morgan fingerprint density at radius 2 is 1.07 bits per heavy atom. The molecule has 30 heavy (non-hydrogen) atoms. The SMILES string of the molecule is CCC1OC(OC)C(C)C(C)C1C.CCC1OC(OC)C(O)C(O)C1O.CCCC. The van der Waals surface area contributed by atoms with E-state index < -0.39 is 30.7 Å². The number of ether oxygens (including phenoxy) is 4. The van der Waals surface area contributed by atoms with Crippen LogP contribution in [0.5, 0.6) is 0 Å². The lowest BCUT2D eigenvalue weighted by Gasteiger charge is -2.42. The second-order valence-corrected chi connectivity index (χ2v) is 8.42. The second-order valence-electron chi connectivity index (χ2n) is 8.42. The summed E-state index contributed by atoms with van der Waals surface area (Å²) in [6.07, 6.45) is -0.139. The van der Waals surface area contributed by atoms with Crippen LogP contribution in [0.4, 0.5) is 0 Å². The highest BCUT2D eigenvalue weighted by atomic mass is 16.7. The molecule has 7 heteroatoms. The molecule has 182 valence electrons. The Hall–Kier alpha value is -0.280. The molecule has 7 nitrogen and oxygen atoms in total. The minimum absolute atomic E-state index is 0.00356. The average molecular weight is 437 g/mol. The highest BCUT2D eigenvalue weighted by molar-refractivity contribution is 4.88. The first-order valence-corrected chi connectivity index (χ1v) is 11.5. The Labute approximate surface area is 184 Å². The number of aliphatic hydroxyl groups is 3. The lowest BCUT2D eigenvalue weighted by molar-refractivity contribution is -0.290. The van der Waals surface area contributed by atoms with Crippen LogP contribution in [0.2, 0.25) is 0 Å². The molecule has 0 aromatic heterocycles. The van der Waals surface area contributed by atoms with Crippen molar-refractivity contribution in [2.45, 2.75) is 117 Å². The standard InChI is InChI=1S/C11H22O2.C8H16O5.C4H10/c1-6-10-8(3)7(2)9(4)11(12-5)13-10;1-3-4-5(9)6(10)7(11)8(12-2)13-4;1-3-4-2/h7-11H,6H2,1-5H3;4-11H,3H2,1-2H3;3-4H2,1-2H3. The van der Waals surface area contributed by atoms with E-state index >= 15 is 0 Å². The molecular weight excluding hydrogens is 388 g/mol. The zero-order valence-corrected chi connectivity index (χ0v) is 20.6. The van der Waals surface area contributed by atoms with E-state index in [-0.39, 0.29) is 6.29 Å². The average Bonchev–Trinajstić information content (AvgIpc) is 2.77. The quantitative estimate of drug-likeness (QED) is 0.608. The van der Waals surface area contributed by atoms with Crippen LogP contribution in [0.15, 0.2) is 0 Å². The molecule has 2 aliphatic rings. The van der Waals surface area contributed by atoms with E-state index in [2.05, 4.69) is 41.5 Å². The van der Waals surface area contributed by atoms with Crippen molar-refractivity contribution in [3.05, 3.63) is 0 Å². The Bertz CT molecular complexity index is 344. The maximum atomic E-state index is 9.43. The lowest BCUT2D eigenvalue weighted by Crippen LogP contribution is -2.57. The van der Waals surface area contributed by atoms with Gasteiger partial charge in [-0.25, -0.2) is 0 Å². The molecule has 0 bridgehead atoms. The molecule has 2 aliphatic heterocycles. The smallest absolute Gasteiger partial charge is 0.186 e. The maximum Gasteiger partial charge on any atom is 0.186 e. The fourth-order valence-corrected chi connectivity index (χ4v) is 3.67. The van der Waals surface area contributed by atoms with Crippen molar-refractivity contribution < 1.29 is 34.3 Å². The molecule has 0 aliphatic carbocycles. The molecule has 0 amide bonds. The van der Waals surface area contributed by atoms with Gasteiger partial charge in [-0.3, -0.25) is 0 Å². The van der Waals surface area contributed by atoms with Gasteiger partial charge in [0.1, 0.15) is 18.3 Å². The highest BCUT2D eigenvalue weighted by Crippen LogP contribution is 2.36. The summed E-state index contributed by atoms with van der Waals surface area (Å²) in [4.78, 5) is 0. The highest BCUT2D eigenvalue weighted by Gasteiger charge is 2.43. The van der Waals surface area contributed by atoms with Gasteiger partial charge < -0.3 is 34.3 Å².